The van der Waals surface area contributed by atoms with Gasteiger partial charge in [0.2, 0.25) is 0 Å². The molecular weight excluding hydrogens is 150 g/mol. The average molecular weight is 175 g/mol. The Balaban J connectivity index is 0. The minimum absolute atomic E-state index is 0.408. The van der Waals surface area contributed by atoms with Crippen LogP contribution in [-0.2, 0) is 0 Å². The van der Waals surface area contributed by atoms with Crippen LogP contribution in [-0.4, -0.2) is 35.7 Å². The molecule has 1 aliphatic heterocycles. The highest BCUT2D eigenvalue weighted by molar-refractivity contribution is 4.83. The van der Waals surface area contributed by atoms with Gasteiger partial charge in [0, 0.05) is 13.1 Å². The lowest BCUT2D eigenvalue weighted by Gasteiger charge is -2.14. The Morgan fingerprint density at radius 3 is 1.67 bits per heavy atom. The topological polar surface area (TPSA) is 23.5 Å². The van der Waals surface area contributed by atoms with Crippen LogP contribution in [0, 0.1) is 0 Å². The van der Waals surface area contributed by atoms with E-state index in [2.05, 4.69) is 4.90 Å². The fourth-order valence-corrected chi connectivity index (χ4v) is 1.17. The van der Waals surface area contributed by atoms with Gasteiger partial charge in [0.15, 0.2) is 0 Å². The Bertz CT molecular complexity index is 91.8. The van der Waals surface area contributed by atoms with Gasteiger partial charge >= 0.3 is 0 Å². The fraction of sp³-hybridized carbons (Fsp3) is 1.00. The molecule has 1 fully saturated rings. The molecule has 1 atom stereocenters. The molecule has 0 aromatic rings. The molecule has 1 rings (SSSR count). The molecule has 0 spiro atoms. The first-order chi connectivity index (χ1) is 5.60. The van der Waals surface area contributed by atoms with Gasteiger partial charge in [-0.3, -0.25) is 0 Å². The van der Waals surface area contributed by atoms with Crippen LogP contribution in [0.5, 0.6) is 0 Å². The number of likely N-dealkylation sites (tertiary alicyclic amines) is 1. The fourth-order valence-electron chi connectivity index (χ4n) is 1.17. The molecule has 1 N–H and O–H groups in total. The van der Waals surface area contributed by atoms with Crippen molar-refractivity contribution in [3.63, 3.8) is 0 Å². The van der Waals surface area contributed by atoms with E-state index in [4.69, 9.17) is 0 Å². The Morgan fingerprint density at radius 2 is 1.58 bits per heavy atom. The van der Waals surface area contributed by atoms with Crippen molar-refractivity contribution in [3.8, 4) is 0 Å². The molecule has 0 bridgehead atoms. The first-order valence-corrected chi connectivity index (χ1v) is 5.01. The number of hydrogen-bond donors (Lipinski definition) is 1. The maximum atomic E-state index is 9.32. The average Bonchev–Trinajstić information content (AvgIpc) is 2.37. The van der Waals surface area contributed by atoms with Gasteiger partial charge in [0.1, 0.15) is 0 Å². The zero-order chi connectivity index (χ0) is 10.2. The molecule has 0 aromatic heterocycles. The molecule has 0 radical (unpaired) electrons. The number of hydrogen-bond acceptors (Lipinski definition) is 2. The standard InChI is InChI=1S/C6H13NO.2C2H6/c1-6(8)3-4-7(2)5-6;2*1-2/h8H,3-5H2,1-2H3;2*1-2H3. The van der Waals surface area contributed by atoms with Crippen molar-refractivity contribution in [1.82, 2.24) is 4.90 Å². The predicted octanol–water partition coefficient (Wildman–Crippen LogP) is 2.13. The normalized spacial score (nSPS) is 28.2. The van der Waals surface area contributed by atoms with Gasteiger partial charge in [-0.1, -0.05) is 27.7 Å². The molecule has 2 nitrogen and oxygen atoms in total. The Morgan fingerprint density at radius 1 is 1.17 bits per heavy atom. The third-order valence-corrected chi connectivity index (χ3v) is 1.64. The van der Waals surface area contributed by atoms with E-state index in [1.807, 2.05) is 41.7 Å². The molecule has 0 aromatic carbocycles. The summed E-state index contributed by atoms with van der Waals surface area (Å²) >= 11 is 0. The SMILES string of the molecule is CC.CC.CN1CCC(C)(O)C1. The lowest BCUT2D eigenvalue weighted by Crippen LogP contribution is -2.27. The molecule has 12 heavy (non-hydrogen) atoms. The molecule has 1 saturated heterocycles. The third kappa shape index (κ3) is 6.62. The highest BCUT2D eigenvalue weighted by Crippen LogP contribution is 2.17. The molecule has 2 heteroatoms. The van der Waals surface area contributed by atoms with Crippen molar-refractivity contribution in [2.24, 2.45) is 0 Å². The Hall–Kier alpha value is -0.0800. The number of nitrogens with zero attached hydrogens (tertiary/aromatic N) is 1. The summed E-state index contributed by atoms with van der Waals surface area (Å²) in [5.41, 5.74) is -0.408. The van der Waals surface area contributed by atoms with Crippen LogP contribution in [0.2, 0.25) is 0 Å². The van der Waals surface area contributed by atoms with E-state index in [1.54, 1.807) is 0 Å². The number of rotatable bonds is 0. The lowest BCUT2D eigenvalue weighted by molar-refractivity contribution is 0.0719. The van der Waals surface area contributed by atoms with Crippen LogP contribution in [0.15, 0.2) is 0 Å². The second-order valence-corrected chi connectivity index (χ2v) is 2.98. The zero-order valence-electron chi connectivity index (χ0n) is 9.52. The van der Waals surface area contributed by atoms with Crippen LogP contribution in [0.25, 0.3) is 0 Å². The van der Waals surface area contributed by atoms with Crippen LogP contribution in [0.1, 0.15) is 41.0 Å². The maximum absolute atomic E-state index is 9.32. The largest absolute Gasteiger partial charge is 0.389 e. The van der Waals surface area contributed by atoms with Crippen molar-refractivity contribution in [3.05, 3.63) is 0 Å². The second kappa shape index (κ2) is 7.56. The summed E-state index contributed by atoms with van der Waals surface area (Å²) in [4.78, 5) is 2.14. The molecule has 1 heterocycles. The third-order valence-electron chi connectivity index (χ3n) is 1.64. The molecule has 76 valence electrons. The number of likely N-dealkylation sites (N-methyl/N-ethyl adjacent to an activating group) is 1. The monoisotopic (exact) mass is 175 g/mol. The van der Waals surface area contributed by atoms with Crippen molar-refractivity contribution < 1.29 is 5.11 Å². The van der Waals surface area contributed by atoms with Gasteiger partial charge in [-0.25, -0.2) is 0 Å². The summed E-state index contributed by atoms with van der Waals surface area (Å²) in [5.74, 6) is 0. The van der Waals surface area contributed by atoms with Crippen LogP contribution in [0.3, 0.4) is 0 Å². The summed E-state index contributed by atoms with van der Waals surface area (Å²) in [5, 5.41) is 9.32. The van der Waals surface area contributed by atoms with Gasteiger partial charge in [-0.2, -0.15) is 0 Å². The van der Waals surface area contributed by atoms with Gasteiger partial charge in [-0.15, -0.1) is 0 Å². The molecule has 0 saturated carbocycles. The second-order valence-electron chi connectivity index (χ2n) is 2.98. The summed E-state index contributed by atoms with van der Waals surface area (Å²) < 4.78 is 0. The van der Waals surface area contributed by atoms with E-state index in [1.165, 1.54) is 0 Å². The van der Waals surface area contributed by atoms with Gasteiger partial charge in [0.05, 0.1) is 5.60 Å². The van der Waals surface area contributed by atoms with Gasteiger partial charge in [-0.05, 0) is 20.4 Å². The van der Waals surface area contributed by atoms with E-state index in [0.717, 1.165) is 19.5 Å². The van der Waals surface area contributed by atoms with Crippen LogP contribution < -0.4 is 0 Å². The summed E-state index contributed by atoms with van der Waals surface area (Å²) in [7, 11) is 2.03. The minimum atomic E-state index is -0.408. The molecule has 1 aliphatic rings. The molecular formula is C10H25NO. The first-order valence-electron chi connectivity index (χ1n) is 5.01. The quantitative estimate of drug-likeness (QED) is 0.609. The van der Waals surface area contributed by atoms with E-state index < -0.39 is 5.60 Å². The van der Waals surface area contributed by atoms with Crippen molar-refractivity contribution in [1.29, 1.82) is 0 Å². The van der Waals surface area contributed by atoms with E-state index in [-0.39, 0.29) is 0 Å². The smallest absolute Gasteiger partial charge is 0.0758 e. The van der Waals surface area contributed by atoms with E-state index in [0.29, 0.717) is 0 Å². The van der Waals surface area contributed by atoms with E-state index >= 15 is 0 Å². The zero-order valence-corrected chi connectivity index (χ0v) is 9.52. The van der Waals surface area contributed by atoms with Crippen LogP contribution >= 0.6 is 0 Å². The molecule has 0 amide bonds. The lowest BCUT2D eigenvalue weighted by atomic mass is 10.1. The van der Waals surface area contributed by atoms with E-state index in [9.17, 15) is 5.11 Å². The maximum Gasteiger partial charge on any atom is 0.0758 e. The van der Waals surface area contributed by atoms with Gasteiger partial charge in [0.25, 0.3) is 0 Å². The van der Waals surface area contributed by atoms with Crippen LogP contribution in [0.4, 0.5) is 0 Å². The first kappa shape index (κ1) is 14.4. The summed E-state index contributed by atoms with van der Waals surface area (Å²) in [6.07, 6.45) is 0.920. The van der Waals surface area contributed by atoms with Crippen molar-refractivity contribution in [2.75, 3.05) is 20.1 Å². The number of aliphatic hydroxyl groups is 1. The Labute approximate surface area is 77.6 Å². The molecule has 1 unspecified atom stereocenters. The summed E-state index contributed by atoms with van der Waals surface area (Å²) in [6, 6.07) is 0. The highest BCUT2D eigenvalue weighted by Gasteiger charge is 2.28. The van der Waals surface area contributed by atoms with Crippen molar-refractivity contribution >= 4 is 0 Å². The highest BCUT2D eigenvalue weighted by atomic mass is 16.3. The van der Waals surface area contributed by atoms with Crippen molar-refractivity contribution in [2.45, 2.75) is 46.6 Å². The number of β-amino-alcohol motifs (C(OH)–C–C–N with tert-alkyl or cyclic N) is 1. The summed E-state index contributed by atoms with van der Waals surface area (Å²) in [6.45, 7) is 11.7. The molecule has 0 aliphatic carbocycles. The predicted molar refractivity (Wildman–Crippen MR) is 55.4 cm³/mol. The minimum Gasteiger partial charge on any atom is -0.389 e. The van der Waals surface area contributed by atoms with Gasteiger partial charge < -0.3 is 10.0 Å². The Kier molecular flexibility index (Phi) is 9.10.